The summed E-state index contributed by atoms with van der Waals surface area (Å²) in [7, 11) is 1.40. The molecule has 0 bridgehead atoms. The lowest BCUT2D eigenvalue weighted by atomic mass is 9.95. The van der Waals surface area contributed by atoms with Gasteiger partial charge in [0.2, 0.25) is 0 Å². The number of rotatable bonds is 9. The summed E-state index contributed by atoms with van der Waals surface area (Å²) in [5.41, 5.74) is 0.617. The molecular formula is C19H28FN3O2. The van der Waals surface area contributed by atoms with E-state index in [1.165, 1.54) is 13.2 Å². The van der Waals surface area contributed by atoms with E-state index in [1.54, 1.807) is 6.07 Å². The van der Waals surface area contributed by atoms with Crippen molar-refractivity contribution < 1.29 is 13.9 Å². The van der Waals surface area contributed by atoms with E-state index >= 15 is 0 Å². The Bertz CT molecular complexity index is 600. The molecule has 6 heteroatoms. The van der Waals surface area contributed by atoms with E-state index in [-0.39, 0.29) is 17.2 Å². The van der Waals surface area contributed by atoms with Gasteiger partial charge in [-0.05, 0) is 44.2 Å². The number of halogens is 1. The van der Waals surface area contributed by atoms with Crippen molar-refractivity contribution in [1.29, 1.82) is 0 Å². The number of carbonyl (C=O) groups excluding carboxylic acids is 1. The van der Waals surface area contributed by atoms with Gasteiger partial charge < -0.3 is 15.4 Å². The van der Waals surface area contributed by atoms with Crippen LogP contribution in [0.15, 0.2) is 29.3 Å². The number of aliphatic imine (C=N–C) groups is 1. The summed E-state index contributed by atoms with van der Waals surface area (Å²) in [6.07, 6.45) is 4.00. The van der Waals surface area contributed by atoms with Crippen LogP contribution < -0.4 is 10.6 Å². The second-order valence-corrected chi connectivity index (χ2v) is 6.42. The molecule has 0 radical (unpaired) electrons. The monoisotopic (exact) mass is 349 g/mol. The van der Waals surface area contributed by atoms with Gasteiger partial charge in [0.05, 0.1) is 13.7 Å². The molecule has 0 unspecified atom stereocenters. The predicted molar refractivity (Wildman–Crippen MR) is 97.2 cm³/mol. The first kappa shape index (κ1) is 19.2. The number of hydrogen-bond donors (Lipinski definition) is 2. The first-order valence-electron chi connectivity index (χ1n) is 8.95. The van der Waals surface area contributed by atoms with Gasteiger partial charge in [-0.25, -0.2) is 4.39 Å². The van der Waals surface area contributed by atoms with E-state index < -0.39 is 0 Å². The summed E-state index contributed by atoms with van der Waals surface area (Å²) < 4.78 is 18.7. The fraction of sp³-hybridized carbons (Fsp3) is 0.579. The molecule has 0 heterocycles. The summed E-state index contributed by atoms with van der Waals surface area (Å²) >= 11 is 0. The molecular weight excluding hydrogens is 321 g/mol. The molecule has 0 spiro atoms. The zero-order valence-electron chi connectivity index (χ0n) is 15.1. The van der Waals surface area contributed by atoms with Crippen LogP contribution >= 0.6 is 0 Å². The maximum atomic E-state index is 14.1. The van der Waals surface area contributed by atoms with Gasteiger partial charge in [-0.1, -0.05) is 18.2 Å². The molecule has 1 aliphatic rings. The number of benzene rings is 1. The van der Waals surface area contributed by atoms with Gasteiger partial charge in [-0.3, -0.25) is 9.79 Å². The average Bonchev–Trinajstić information content (AvgIpc) is 3.40. The molecule has 0 aromatic heterocycles. The quantitative estimate of drug-likeness (QED) is 0.311. The van der Waals surface area contributed by atoms with Gasteiger partial charge in [0.15, 0.2) is 5.96 Å². The van der Waals surface area contributed by atoms with Gasteiger partial charge in [-0.2, -0.15) is 0 Å². The standard InChI is InChI=1S/C19H28FN3O2/c1-3-21-18(22-13-7-6-10-17(24)25-2)23-14-19(11-12-19)15-8-4-5-9-16(15)20/h4-5,8-9H,3,6-7,10-14H2,1-2H3,(H2,21,22,23). The van der Waals surface area contributed by atoms with Crippen LogP contribution in [0.25, 0.3) is 0 Å². The minimum atomic E-state index is -0.180. The normalized spacial score (nSPS) is 15.6. The van der Waals surface area contributed by atoms with Crippen LogP contribution in [0.4, 0.5) is 4.39 Å². The molecule has 0 atom stereocenters. The second kappa shape index (κ2) is 9.39. The fourth-order valence-corrected chi connectivity index (χ4v) is 2.83. The Labute approximate surface area is 149 Å². The van der Waals surface area contributed by atoms with Crippen molar-refractivity contribution in [1.82, 2.24) is 10.6 Å². The highest BCUT2D eigenvalue weighted by Gasteiger charge is 2.45. The Morgan fingerprint density at radius 1 is 1.28 bits per heavy atom. The van der Waals surface area contributed by atoms with Gasteiger partial charge in [0, 0.05) is 24.9 Å². The predicted octanol–water partition coefficient (Wildman–Crippen LogP) is 2.76. The van der Waals surface area contributed by atoms with Crippen LogP contribution in [0.3, 0.4) is 0 Å². The van der Waals surface area contributed by atoms with Gasteiger partial charge in [-0.15, -0.1) is 0 Å². The molecule has 2 rings (SSSR count). The van der Waals surface area contributed by atoms with Crippen LogP contribution in [0.1, 0.15) is 44.6 Å². The molecule has 1 fully saturated rings. The smallest absolute Gasteiger partial charge is 0.305 e. The number of nitrogens with one attached hydrogen (secondary N) is 2. The lowest BCUT2D eigenvalue weighted by Crippen LogP contribution is -2.38. The molecule has 0 saturated heterocycles. The van der Waals surface area contributed by atoms with Gasteiger partial charge in [0.1, 0.15) is 5.82 Å². The number of unbranched alkanes of at least 4 members (excludes halogenated alkanes) is 1. The maximum absolute atomic E-state index is 14.1. The van der Waals surface area contributed by atoms with Crippen LogP contribution in [0.2, 0.25) is 0 Å². The molecule has 1 aromatic carbocycles. The third-order valence-corrected chi connectivity index (χ3v) is 4.51. The summed E-state index contributed by atoms with van der Waals surface area (Å²) in [5.74, 6) is 0.417. The summed E-state index contributed by atoms with van der Waals surface area (Å²) in [5, 5.41) is 6.49. The minimum Gasteiger partial charge on any atom is -0.469 e. The van der Waals surface area contributed by atoms with E-state index in [0.717, 1.165) is 50.3 Å². The Morgan fingerprint density at radius 3 is 2.68 bits per heavy atom. The highest BCUT2D eigenvalue weighted by molar-refractivity contribution is 5.79. The van der Waals surface area contributed by atoms with Crippen molar-refractivity contribution in [2.24, 2.45) is 4.99 Å². The number of methoxy groups -OCH3 is 1. The third-order valence-electron chi connectivity index (χ3n) is 4.51. The number of carbonyl (C=O) groups is 1. The number of esters is 1. The lowest BCUT2D eigenvalue weighted by molar-refractivity contribution is -0.140. The van der Waals surface area contributed by atoms with E-state index in [0.29, 0.717) is 13.0 Å². The molecule has 25 heavy (non-hydrogen) atoms. The van der Waals surface area contributed by atoms with Crippen molar-refractivity contribution >= 4 is 11.9 Å². The van der Waals surface area contributed by atoms with Gasteiger partial charge >= 0.3 is 5.97 Å². The van der Waals surface area contributed by atoms with E-state index in [2.05, 4.69) is 20.4 Å². The molecule has 0 aliphatic heterocycles. The molecule has 2 N–H and O–H groups in total. The van der Waals surface area contributed by atoms with Crippen molar-refractivity contribution in [2.75, 3.05) is 26.7 Å². The first-order valence-corrected chi connectivity index (χ1v) is 8.95. The summed E-state index contributed by atoms with van der Waals surface area (Å²) in [6, 6.07) is 6.99. The largest absolute Gasteiger partial charge is 0.469 e. The van der Waals surface area contributed by atoms with Crippen LogP contribution in [-0.2, 0) is 14.9 Å². The Morgan fingerprint density at radius 2 is 2.04 bits per heavy atom. The van der Waals surface area contributed by atoms with Crippen molar-refractivity contribution in [3.63, 3.8) is 0 Å². The van der Waals surface area contributed by atoms with Crippen LogP contribution in [0.5, 0.6) is 0 Å². The van der Waals surface area contributed by atoms with Crippen molar-refractivity contribution in [3.8, 4) is 0 Å². The molecule has 138 valence electrons. The first-order chi connectivity index (χ1) is 12.1. The molecule has 1 aromatic rings. The highest BCUT2D eigenvalue weighted by atomic mass is 19.1. The van der Waals surface area contributed by atoms with Crippen LogP contribution in [0, 0.1) is 5.82 Å². The summed E-state index contributed by atoms with van der Waals surface area (Å²) in [4.78, 5) is 15.7. The van der Waals surface area contributed by atoms with Gasteiger partial charge in [0.25, 0.3) is 0 Å². The number of hydrogen-bond acceptors (Lipinski definition) is 3. The van der Waals surface area contributed by atoms with E-state index in [9.17, 15) is 9.18 Å². The SMILES string of the molecule is CCNC(=NCC1(c2ccccc2F)CC1)NCCCCC(=O)OC. The molecule has 1 saturated carbocycles. The summed E-state index contributed by atoms with van der Waals surface area (Å²) in [6.45, 7) is 4.08. The number of nitrogens with zero attached hydrogens (tertiary/aromatic N) is 1. The Hall–Kier alpha value is -2.11. The Balaban J connectivity index is 1.85. The Kier molecular flexibility index (Phi) is 7.22. The zero-order valence-corrected chi connectivity index (χ0v) is 15.1. The maximum Gasteiger partial charge on any atom is 0.305 e. The fourth-order valence-electron chi connectivity index (χ4n) is 2.83. The number of ether oxygens (including phenoxy) is 1. The van der Waals surface area contributed by atoms with Crippen molar-refractivity contribution in [2.45, 2.75) is 44.4 Å². The molecule has 5 nitrogen and oxygen atoms in total. The number of guanidine groups is 1. The minimum absolute atomic E-state index is 0.143. The van der Waals surface area contributed by atoms with Crippen LogP contribution in [-0.4, -0.2) is 38.7 Å². The third kappa shape index (κ3) is 5.73. The highest BCUT2D eigenvalue weighted by Crippen LogP contribution is 2.49. The topological polar surface area (TPSA) is 62.7 Å². The van der Waals surface area contributed by atoms with Crippen molar-refractivity contribution in [3.05, 3.63) is 35.6 Å². The van der Waals surface area contributed by atoms with E-state index in [4.69, 9.17) is 0 Å². The lowest BCUT2D eigenvalue weighted by Gasteiger charge is -2.16. The average molecular weight is 349 g/mol. The second-order valence-electron chi connectivity index (χ2n) is 6.42. The molecule has 0 amide bonds. The molecule has 1 aliphatic carbocycles. The zero-order chi connectivity index (χ0) is 18.1. The van der Waals surface area contributed by atoms with E-state index in [1.807, 2.05) is 19.1 Å².